The van der Waals surface area contributed by atoms with E-state index in [0.29, 0.717) is 0 Å². The molecule has 2 aromatic heterocycles. The van der Waals surface area contributed by atoms with Crippen molar-refractivity contribution in [2.75, 3.05) is 0 Å². The van der Waals surface area contributed by atoms with E-state index in [1.807, 2.05) is 4.98 Å². The number of nitrogens with zero attached hydrogens (tertiary/aromatic N) is 3. The Labute approximate surface area is 161 Å². The van der Waals surface area contributed by atoms with E-state index in [9.17, 15) is 28.3 Å². The molecule has 1 unspecified atom stereocenters. The van der Waals surface area contributed by atoms with Crippen molar-refractivity contribution in [1.82, 2.24) is 25.1 Å². The van der Waals surface area contributed by atoms with E-state index in [0.717, 1.165) is 10.9 Å². The van der Waals surface area contributed by atoms with E-state index in [1.54, 1.807) is 0 Å². The third kappa shape index (κ3) is 4.42. The van der Waals surface area contributed by atoms with Gasteiger partial charge < -0.3 is 10.4 Å². The second-order valence-electron chi connectivity index (χ2n) is 6.49. The van der Waals surface area contributed by atoms with Gasteiger partial charge in [-0.15, -0.1) is 0 Å². The Morgan fingerprint density at radius 1 is 1.36 bits per heavy atom. The summed E-state index contributed by atoms with van der Waals surface area (Å²) in [4.78, 5) is 41.2. The third-order valence-corrected chi connectivity index (χ3v) is 4.82. The molecule has 0 radical (unpaired) electrons. The Morgan fingerprint density at radius 2 is 2.04 bits per heavy atom. The van der Waals surface area contributed by atoms with E-state index < -0.39 is 35.2 Å². The maximum absolute atomic E-state index is 13.2. The maximum Gasteiger partial charge on any atom is 0.349 e. The number of amides is 1. The van der Waals surface area contributed by atoms with Gasteiger partial charge in [0.25, 0.3) is 11.5 Å². The number of pyridine rings is 1. The minimum Gasteiger partial charge on any atom is -0.373 e. The number of hydrogen-bond acceptors (Lipinski definition) is 6. The number of carbonyl (C=O) groups is 1. The molecule has 0 bridgehead atoms. The first-order chi connectivity index (χ1) is 13.2. The largest absolute Gasteiger partial charge is 0.373 e. The molecule has 28 heavy (non-hydrogen) atoms. The molecule has 0 aromatic carbocycles. The molecule has 1 saturated carbocycles. The number of carbonyl (C=O) groups excluding carboxylic acids is 1. The summed E-state index contributed by atoms with van der Waals surface area (Å²) in [5.41, 5.74) is -1.63. The summed E-state index contributed by atoms with van der Waals surface area (Å²) >= 11 is 5.93. The lowest BCUT2D eigenvalue weighted by Crippen LogP contribution is -2.43. The monoisotopic (exact) mass is 415 g/mol. The lowest BCUT2D eigenvalue weighted by molar-refractivity contribution is -0.0650. The van der Waals surface area contributed by atoms with Crippen LogP contribution in [0.3, 0.4) is 0 Å². The van der Waals surface area contributed by atoms with Gasteiger partial charge in [0.1, 0.15) is 17.6 Å². The number of H-pyrrole nitrogens is 1. The molecule has 0 saturated heterocycles. The molecule has 1 aliphatic rings. The Bertz CT molecular complexity index is 999. The van der Waals surface area contributed by atoms with Crippen LogP contribution < -0.4 is 16.6 Å². The summed E-state index contributed by atoms with van der Waals surface area (Å²) < 4.78 is 27.3. The fraction of sp³-hybridized carbons (Fsp3) is 0.438. The summed E-state index contributed by atoms with van der Waals surface area (Å²) in [5.74, 6) is -4.05. The summed E-state index contributed by atoms with van der Waals surface area (Å²) in [7, 11) is 0. The molecular weight excluding hydrogens is 400 g/mol. The van der Waals surface area contributed by atoms with Crippen molar-refractivity contribution in [3.05, 3.63) is 50.0 Å². The van der Waals surface area contributed by atoms with Gasteiger partial charge in [0.15, 0.2) is 0 Å². The summed E-state index contributed by atoms with van der Waals surface area (Å²) in [6.45, 7) is 0. The minimum atomic E-state index is -2.75. The average molecular weight is 416 g/mol. The van der Waals surface area contributed by atoms with Crippen LogP contribution in [0.25, 0.3) is 5.69 Å². The molecule has 1 aliphatic carbocycles. The van der Waals surface area contributed by atoms with Crippen LogP contribution >= 0.6 is 11.6 Å². The second-order valence-corrected chi connectivity index (χ2v) is 6.85. The van der Waals surface area contributed by atoms with Gasteiger partial charge in [0.2, 0.25) is 5.92 Å². The highest BCUT2D eigenvalue weighted by molar-refractivity contribution is 6.32. The van der Waals surface area contributed by atoms with Gasteiger partial charge in [0.05, 0.1) is 17.4 Å². The fourth-order valence-corrected chi connectivity index (χ4v) is 3.15. The van der Waals surface area contributed by atoms with Crippen molar-refractivity contribution in [3.8, 4) is 5.69 Å². The van der Waals surface area contributed by atoms with Crippen LogP contribution in [-0.4, -0.2) is 42.9 Å². The number of alkyl halides is 2. The number of aromatic nitrogens is 4. The molecule has 1 amide bonds. The second kappa shape index (κ2) is 7.76. The fourth-order valence-electron chi connectivity index (χ4n) is 2.96. The van der Waals surface area contributed by atoms with E-state index in [1.165, 1.54) is 12.3 Å². The van der Waals surface area contributed by atoms with Crippen LogP contribution in [-0.2, 0) is 0 Å². The number of rotatable bonds is 4. The smallest absolute Gasteiger partial charge is 0.349 e. The van der Waals surface area contributed by atoms with Gasteiger partial charge >= 0.3 is 5.69 Å². The standard InChI is InChI=1S/C16H16ClF2N5O4/c17-12-10(5-9(6-20-12)24-15(28)22-11(25)7-21-24)14(27)23-13(26)8-1-3-16(18,19)4-2-8/h5-8,13,26H,1-4H2,(H,23,27)(H,22,25,28). The van der Waals surface area contributed by atoms with Crippen LogP contribution in [0.1, 0.15) is 36.0 Å². The molecule has 9 nitrogen and oxygen atoms in total. The van der Waals surface area contributed by atoms with Crippen molar-refractivity contribution >= 4 is 17.5 Å². The normalized spacial score (nSPS) is 17.9. The van der Waals surface area contributed by atoms with Gasteiger partial charge in [-0.3, -0.25) is 14.6 Å². The number of aliphatic hydroxyl groups excluding tert-OH is 1. The molecule has 1 atom stereocenters. The highest BCUT2D eigenvalue weighted by Gasteiger charge is 2.37. The van der Waals surface area contributed by atoms with E-state index in [4.69, 9.17) is 11.6 Å². The first kappa shape index (κ1) is 20.1. The van der Waals surface area contributed by atoms with E-state index >= 15 is 0 Å². The van der Waals surface area contributed by atoms with E-state index in [2.05, 4.69) is 15.4 Å². The van der Waals surface area contributed by atoms with Gasteiger partial charge in [-0.1, -0.05) is 11.6 Å². The van der Waals surface area contributed by atoms with Gasteiger partial charge in [-0.05, 0) is 18.9 Å². The third-order valence-electron chi connectivity index (χ3n) is 4.51. The molecule has 150 valence electrons. The number of aromatic amines is 1. The van der Waals surface area contributed by atoms with Crippen LogP contribution in [0.5, 0.6) is 0 Å². The van der Waals surface area contributed by atoms with Crippen LogP contribution in [0, 0.1) is 5.92 Å². The highest BCUT2D eigenvalue weighted by atomic mass is 35.5. The first-order valence-corrected chi connectivity index (χ1v) is 8.75. The highest BCUT2D eigenvalue weighted by Crippen LogP contribution is 2.37. The quantitative estimate of drug-likeness (QED) is 0.501. The van der Waals surface area contributed by atoms with Crippen molar-refractivity contribution in [3.63, 3.8) is 0 Å². The zero-order chi connectivity index (χ0) is 20.5. The van der Waals surface area contributed by atoms with Crippen molar-refractivity contribution in [1.29, 1.82) is 0 Å². The number of aliphatic hydroxyl groups is 1. The van der Waals surface area contributed by atoms with Crippen molar-refractivity contribution < 1.29 is 18.7 Å². The van der Waals surface area contributed by atoms with Crippen LogP contribution in [0.15, 0.2) is 28.0 Å². The SMILES string of the molecule is O=C(NC(O)C1CCC(F)(F)CC1)c1cc(-n2ncc(=O)[nH]c2=O)cnc1Cl. The Kier molecular flexibility index (Phi) is 5.57. The van der Waals surface area contributed by atoms with Crippen molar-refractivity contribution in [2.45, 2.75) is 37.8 Å². The van der Waals surface area contributed by atoms with E-state index in [-0.39, 0.29) is 42.1 Å². The molecule has 1 fully saturated rings. The summed E-state index contributed by atoms with van der Waals surface area (Å²) in [6, 6.07) is 1.21. The molecule has 12 heteroatoms. The molecular formula is C16H16ClF2N5O4. The summed E-state index contributed by atoms with van der Waals surface area (Å²) in [5, 5.41) is 16.0. The molecule has 0 spiro atoms. The number of nitrogens with one attached hydrogen (secondary N) is 2. The molecule has 2 heterocycles. The molecule has 0 aliphatic heterocycles. The zero-order valence-electron chi connectivity index (χ0n) is 14.4. The minimum absolute atomic E-state index is 0.0580. The summed E-state index contributed by atoms with van der Waals surface area (Å²) in [6.07, 6.45) is 0.127. The topological polar surface area (TPSA) is 130 Å². The first-order valence-electron chi connectivity index (χ1n) is 8.38. The molecule has 3 rings (SSSR count). The number of hydrogen-bond donors (Lipinski definition) is 3. The Morgan fingerprint density at radius 3 is 2.68 bits per heavy atom. The Hall–Kier alpha value is -2.66. The molecule has 3 N–H and O–H groups in total. The van der Waals surface area contributed by atoms with Crippen LogP contribution in [0.2, 0.25) is 5.15 Å². The maximum atomic E-state index is 13.2. The predicted octanol–water partition coefficient (Wildman–Crippen LogP) is 0.843. The molecule has 2 aromatic rings. The zero-order valence-corrected chi connectivity index (χ0v) is 15.1. The van der Waals surface area contributed by atoms with Crippen LogP contribution in [0.4, 0.5) is 8.78 Å². The lowest BCUT2D eigenvalue weighted by atomic mass is 9.85. The number of halogens is 3. The van der Waals surface area contributed by atoms with Crippen molar-refractivity contribution in [2.24, 2.45) is 5.92 Å². The lowest BCUT2D eigenvalue weighted by Gasteiger charge is -2.31. The predicted molar refractivity (Wildman–Crippen MR) is 93.6 cm³/mol. The van der Waals surface area contributed by atoms with Gasteiger partial charge in [-0.25, -0.2) is 18.6 Å². The van der Waals surface area contributed by atoms with Gasteiger partial charge in [0, 0.05) is 18.8 Å². The average Bonchev–Trinajstić information content (AvgIpc) is 2.62. The Balaban J connectivity index is 1.78. The van der Waals surface area contributed by atoms with Gasteiger partial charge in [-0.2, -0.15) is 9.78 Å².